The molecule has 0 fully saturated rings. The molecular weight excluding hydrogens is 266 g/mol. The van der Waals surface area contributed by atoms with Crippen molar-refractivity contribution in [2.45, 2.75) is 39.0 Å². The highest BCUT2D eigenvalue weighted by atomic mass is 16.5. The number of ether oxygens (including phenoxy) is 1. The Morgan fingerprint density at radius 1 is 1.24 bits per heavy atom. The molecule has 0 atom stereocenters. The van der Waals surface area contributed by atoms with Crippen molar-refractivity contribution in [2.24, 2.45) is 0 Å². The predicted molar refractivity (Wildman–Crippen MR) is 82.9 cm³/mol. The number of nitrogens with one attached hydrogen (secondary N) is 1. The number of terminal acetylenes is 1. The van der Waals surface area contributed by atoms with Crippen molar-refractivity contribution in [3.8, 4) is 12.3 Å². The van der Waals surface area contributed by atoms with Crippen molar-refractivity contribution < 1.29 is 14.3 Å². The Balaban J connectivity index is 2.42. The summed E-state index contributed by atoms with van der Waals surface area (Å²) in [6, 6.07) is 6.68. The molecule has 1 aromatic carbocycles. The van der Waals surface area contributed by atoms with Gasteiger partial charge in [-0.1, -0.05) is 6.92 Å². The second-order valence-corrected chi connectivity index (χ2v) is 4.67. The summed E-state index contributed by atoms with van der Waals surface area (Å²) in [5.41, 5.74) is 1.15. The summed E-state index contributed by atoms with van der Waals surface area (Å²) >= 11 is 0. The van der Waals surface area contributed by atoms with E-state index in [4.69, 9.17) is 11.2 Å². The highest BCUT2D eigenvalue weighted by Gasteiger charge is 2.07. The van der Waals surface area contributed by atoms with Gasteiger partial charge in [0, 0.05) is 18.5 Å². The maximum absolute atomic E-state index is 11.7. The van der Waals surface area contributed by atoms with E-state index in [1.807, 2.05) is 6.92 Å². The number of amides is 1. The quantitative estimate of drug-likeness (QED) is 0.453. The highest BCUT2D eigenvalue weighted by molar-refractivity contribution is 5.93. The summed E-state index contributed by atoms with van der Waals surface area (Å²) in [5.74, 6) is 2.16. The molecule has 0 spiro atoms. The van der Waals surface area contributed by atoms with Gasteiger partial charge in [0.25, 0.3) is 0 Å². The van der Waals surface area contributed by atoms with E-state index in [0.717, 1.165) is 19.3 Å². The van der Waals surface area contributed by atoms with Crippen LogP contribution in [0.5, 0.6) is 0 Å². The number of esters is 1. The fourth-order valence-electron chi connectivity index (χ4n) is 1.70. The first-order valence-electron chi connectivity index (χ1n) is 7.18. The van der Waals surface area contributed by atoms with Crippen LogP contribution >= 0.6 is 0 Å². The van der Waals surface area contributed by atoms with Crippen molar-refractivity contribution in [3.05, 3.63) is 29.8 Å². The lowest BCUT2D eigenvalue weighted by Crippen LogP contribution is -2.11. The number of hydrogen-bond donors (Lipinski definition) is 1. The van der Waals surface area contributed by atoms with E-state index < -0.39 is 0 Å². The molecule has 1 amide bonds. The van der Waals surface area contributed by atoms with Crippen LogP contribution in [0, 0.1) is 12.3 Å². The number of carbonyl (C=O) groups excluding carboxylic acids is 2. The number of anilines is 1. The third-order valence-corrected chi connectivity index (χ3v) is 2.82. The van der Waals surface area contributed by atoms with Gasteiger partial charge in [0.15, 0.2) is 0 Å². The van der Waals surface area contributed by atoms with Gasteiger partial charge in [0.05, 0.1) is 12.2 Å². The van der Waals surface area contributed by atoms with Gasteiger partial charge in [-0.15, -0.1) is 12.3 Å². The third-order valence-electron chi connectivity index (χ3n) is 2.82. The summed E-state index contributed by atoms with van der Waals surface area (Å²) in [6.45, 7) is 2.35. The molecule has 0 saturated carbocycles. The van der Waals surface area contributed by atoms with Crippen LogP contribution in [0.25, 0.3) is 0 Å². The van der Waals surface area contributed by atoms with Crippen LogP contribution in [-0.4, -0.2) is 18.5 Å². The minimum atomic E-state index is -0.344. The van der Waals surface area contributed by atoms with E-state index in [9.17, 15) is 9.59 Å². The Bertz CT molecular complexity index is 500. The number of hydrogen-bond acceptors (Lipinski definition) is 3. The largest absolute Gasteiger partial charge is 0.462 e. The number of unbranched alkanes of at least 4 members (excludes halogenated alkanes) is 2. The Labute approximate surface area is 125 Å². The topological polar surface area (TPSA) is 55.4 Å². The van der Waals surface area contributed by atoms with Crippen LogP contribution in [-0.2, 0) is 9.53 Å². The fourth-order valence-corrected chi connectivity index (χ4v) is 1.70. The molecule has 0 unspecified atom stereocenters. The van der Waals surface area contributed by atoms with Crippen molar-refractivity contribution in [3.63, 3.8) is 0 Å². The monoisotopic (exact) mass is 287 g/mol. The Hall–Kier alpha value is -2.28. The van der Waals surface area contributed by atoms with Gasteiger partial charge < -0.3 is 10.1 Å². The molecule has 0 saturated heterocycles. The normalized spacial score (nSPS) is 9.71. The van der Waals surface area contributed by atoms with E-state index in [-0.39, 0.29) is 11.9 Å². The number of rotatable bonds is 8. The van der Waals surface area contributed by atoms with Crippen molar-refractivity contribution in [1.82, 2.24) is 0 Å². The minimum Gasteiger partial charge on any atom is -0.462 e. The van der Waals surface area contributed by atoms with Crippen LogP contribution in [0.15, 0.2) is 24.3 Å². The van der Waals surface area contributed by atoms with Gasteiger partial charge in [0.1, 0.15) is 0 Å². The SMILES string of the molecule is C#CCCCCC(=O)Nc1ccc(C(=O)OCCC)cc1. The molecule has 0 heterocycles. The predicted octanol–water partition coefficient (Wildman–Crippen LogP) is 3.39. The molecule has 0 aliphatic rings. The van der Waals surface area contributed by atoms with E-state index in [2.05, 4.69) is 11.2 Å². The fraction of sp³-hybridized carbons (Fsp3) is 0.412. The summed E-state index contributed by atoms with van der Waals surface area (Å²) < 4.78 is 5.03. The summed E-state index contributed by atoms with van der Waals surface area (Å²) in [4.78, 5) is 23.3. The first-order chi connectivity index (χ1) is 10.2. The first-order valence-corrected chi connectivity index (χ1v) is 7.18. The summed E-state index contributed by atoms with van der Waals surface area (Å²) in [5, 5.41) is 2.79. The molecule has 4 nitrogen and oxygen atoms in total. The second-order valence-electron chi connectivity index (χ2n) is 4.67. The van der Waals surface area contributed by atoms with Gasteiger partial charge in [-0.3, -0.25) is 4.79 Å². The average Bonchev–Trinajstić information content (AvgIpc) is 2.50. The van der Waals surface area contributed by atoms with Gasteiger partial charge >= 0.3 is 5.97 Å². The zero-order chi connectivity index (χ0) is 15.5. The summed E-state index contributed by atoms with van der Waals surface area (Å²) in [6.07, 6.45) is 8.71. The van der Waals surface area contributed by atoms with Crippen molar-refractivity contribution in [1.29, 1.82) is 0 Å². The molecule has 0 aliphatic carbocycles. The first kappa shape index (κ1) is 16.8. The van der Waals surface area contributed by atoms with Gasteiger partial charge in [0.2, 0.25) is 5.91 Å². The number of benzene rings is 1. The van der Waals surface area contributed by atoms with Gasteiger partial charge in [-0.05, 0) is 43.5 Å². The maximum Gasteiger partial charge on any atom is 0.338 e. The molecule has 0 radical (unpaired) electrons. The third kappa shape index (κ3) is 6.62. The molecule has 0 bridgehead atoms. The zero-order valence-corrected chi connectivity index (χ0v) is 12.4. The van der Waals surface area contributed by atoms with E-state index in [1.165, 1.54) is 0 Å². The van der Waals surface area contributed by atoms with E-state index in [0.29, 0.717) is 30.7 Å². The lowest BCUT2D eigenvalue weighted by atomic mass is 10.2. The molecule has 0 aliphatic heterocycles. The second kappa shape index (κ2) is 9.60. The van der Waals surface area contributed by atoms with Crippen molar-refractivity contribution >= 4 is 17.6 Å². The Kier molecular flexibility index (Phi) is 7.67. The molecule has 0 aromatic heterocycles. The van der Waals surface area contributed by atoms with E-state index >= 15 is 0 Å². The van der Waals surface area contributed by atoms with Crippen LogP contribution in [0.3, 0.4) is 0 Å². The highest BCUT2D eigenvalue weighted by Crippen LogP contribution is 2.12. The molecule has 21 heavy (non-hydrogen) atoms. The molecule has 1 N–H and O–H groups in total. The molecular formula is C17H21NO3. The van der Waals surface area contributed by atoms with Gasteiger partial charge in [-0.25, -0.2) is 4.79 Å². The number of carbonyl (C=O) groups is 2. The average molecular weight is 287 g/mol. The van der Waals surface area contributed by atoms with Crippen LogP contribution in [0.1, 0.15) is 49.4 Å². The van der Waals surface area contributed by atoms with Gasteiger partial charge in [-0.2, -0.15) is 0 Å². The minimum absolute atomic E-state index is 0.0478. The zero-order valence-electron chi connectivity index (χ0n) is 12.4. The molecule has 112 valence electrons. The summed E-state index contributed by atoms with van der Waals surface area (Å²) in [7, 11) is 0. The standard InChI is InChI=1S/C17H21NO3/c1-3-5-6-7-8-16(19)18-15-11-9-14(10-12-15)17(20)21-13-4-2/h1,9-12H,4-8,13H2,2H3,(H,18,19). The molecule has 1 rings (SSSR count). The van der Waals surface area contributed by atoms with Crippen LogP contribution < -0.4 is 5.32 Å². The van der Waals surface area contributed by atoms with Crippen LogP contribution in [0.2, 0.25) is 0 Å². The Morgan fingerprint density at radius 3 is 2.57 bits per heavy atom. The maximum atomic E-state index is 11.7. The van der Waals surface area contributed by atoms with E-state index in [1.54, 1.807) is 24.3 Å². The molecule has 4 heteroatoms. The lowest BCUT2D eigenvalue weighted by molar-refractivity contribution is -0.116. The lowest BCUT2D eigenvalue weighted by Gasteiger charge is -2.06. The van der Waals surface area contributed by atoms with Crippen molar-refractivity contribution in [2.75, 3.05) is 11.9 Å². The Morgan fingerprint density at radius 2 is 1.95 bits per heavy atom. The smallest absolute Gasteiger partial charge is 0.338 e. The molecule has 1 aromatic rings. The van der Waals surface area contributed by atoms with Crippen LogP contribution in [0.4, 0.5) is 5.69 Å².